The zero-order chi connectivity index (χ0) is 16.7. The fourth-order valence-corrected chi connectivity index (χ4v) is 1.78. The Bertz CT molecular complexity index is 354. The Morgan fingerprint density at radius 1 is 1.14 bits per heavy atom. The molecule has 6 heteroatoms. The highest BCUT2D eigenvalue weighted by Gasteiger charge is 2.24. The molecule has 3 N–H and O–H groups in total. The van der Waals surface area contributed by atoms with Gasteiger partial charge in [0.25, 0.3) is 0 Å². The number of nitrogens with zero attached hydrogens (tertiary/aromatic N) is 1. The van der Waals surface area contributed by atoms with Crippen LogP contribution >= 0.6 is 0 Å². The number of carbonyl (C=O) groups excluding carboxylic acids is 1. The second-order valence-corrected chi connectivity index (χ2v) is 7.20. The molecule has 0 saturated heterocycles. The number of aliphatic imine (C=N–C) groups is 1. The molecular weight excluding hydrogens is 268 g/mol. The molecule has 0 aromatic carbocycles. The summed E-state index contributed by atoms with van der Waals surface area (Å²) in [5.41, 5.74) is -0.201. The van der Waals surface area contributed by atoms with Crippen molar-refractivity contribution in [2.75, 3.05) is 27.2 Å². The predicted molar refractivity (Wildman–Crippen MR) is 87.5 cm³/mol. The number of ether oxygens (including phenoxy) is 1. The molecule has 0 rings (SSSR count). The molecule has 1 unspecified atom stereocenters. The minimum atomic E-state index is -0.233. The lowest BCUT2D eigenvalue weighted by Crippen LogP contribution is -2.50. The van der Waals surface area contributed by atoms with Crippen molar-refractivity contribution >= 4 is 11.9 Å². The van der Waals surface area contributed by atoms with Crippen LogP contribution in [0.1, 0.15) is 41.5 Å². The maximum atomic E-state index is 11.8. The molecule has 21 heavy (non-hydrogen) atoms. The minimum Gasteiger partial charge on any atom is -0.379 e. The van der Waals surface area contributed by atoms with Gasteiger partial charge in [-0.3, -0.25) is 9.79 Å². The van der Waals surface area contributed by atoms with Gasteiger partial charge >= 0.3 is 0 Å². The SMILES string of the molecule is CN=C(NCC(=O)NC(C)(C)C)NCC(OC)C(C)(C)C. The van der Waals surface area contributed by atoms with E-state index in [0.29, 0.717) is 12.5 Å². The fraction of sp³-hybridized carbons (Fsp3) is 0.867. The molecule has 0 aliphatic carbocycles. The third-order valence-corrected chi connectivity index (χ3v) is 2.86. The zero-order valence-corrected chi connectivity index (χ0v) is 14.8. The topological polar surface area (TPSA) is 74.8 Å². The highest BCUT2D eigenvalue weighted by molar-refractivity contribution is 5.86. The Morgan fingerprint density at radius 2 is 1.71 bits per heavy atom. The summed E-state index contributed by atoms with van der Waals surface area (Å²) in [6.07, 6.45) is 0.0550. The third-order valence-electron chi connectivity index (χ3n) is 2.86. The van der Waals surface area contributed by atoms with Crippen molar-refractivity contribution in [2.45, 2.75) is 53.2 Å². The minimum absolute atomic E-state index is 0.0320. The molecule has 0 spiro atoms. The number of nitrogens with one attached hydrogen (secondary N) is 3. The lowest BCUT2D eigenvalue weighted by Gasteiger charge is -2.30. The number of hydrogen-bond donors (Lipinski definition) is 3. The predicted octanol–water partition coefficient (Wildman–Crippen LogP) is 1.13. The smallest absolute Gasteiger partial charge is 0.239 e. The average Bonchev–Trinajstić information content (AvgIpc) is 2.29. The number of rotatable bonds is 5. The van der Waals surface area contributed by atoms with Gasteiger partial charge in [0.05, 0.1) is 12.6 Å². The molecular formula is C15H32N4O2. The van der Waals surface area contributed by atoms with Gasteiger partial charge in [-0.25, -0.2) is 0 Å². The summed E-state index contributed by atoms with van der Waals surface area (Å²) >= 11 is 0. The van der Waals surface area contributed by atoms with E-state index in [2.05, 4.69) is 41.7 Å². The first-order chi connectivity index (χ1) is 9.49. The van der Waals surface area contributed by atoms with E-state index in [-0.39, 0.29) is 29.5 Å². The molecule has 0 aliphatic rings. The molecule has 0 fully saturated rings. The van der Waals surface area contributed by atoms with Gasteiger partial charge in [0, 0.05) is 26.2 Å². The molecule has 1 amide bonds. The Balaban J connectivity index is 4.28. The van der Waals surface area contributed by atoms with E-state index < -0.39 is 0 Å². The average molecular weight is 300 g/mol. The zero-order valence-electron chi connectivity index (χ0n) is 14.8. The number of guanidine groups is 1. The van der Waals surface area contributed by atoms with E-state index in [9.17, 15) is 4.79 Å². The number of hydrogen-bond acceptors (Lipinski definition) is 3. The molecule has 1 atom stereocenters. The largest absolute Gasteiger partial charge is 0.379 e. The molecule has 0 bridgehead atoms. The van der Waals surface area contributed by atoms with Crippen LogP contribution in [0, 0.1) is 5.41 Å². The van der Waals surface area contributed by atoms with Crippen LogP contribution in [-0.4, -0.2) is 50.8 Å². The van der Waals surface area contributed by atoms with E-state index in [4.69, 9.17) is 4.74 Å². The monoisotopic (exact) mass is 300 g/mol. The Labute approximate surface area is 129 Å². The summed E-state index contributed by atoms with van der Waals surface area (Å²) in [4.78, 5) is 15.9. The standard InChI is InChI=1S/C15H32N4O2/c1-14(2,3)11(21-8)9-17-13(16-7)18-10-12(20)19-15(4,5)6/h11H,9-10H2,1-8H3,(H,19,20)(H2,16,17,18). The van der Waals surface area contributed by atoms with Gasteiger partial charge in [-0.2, -0.15) is 0 Å². The van der Waals surface area contributed by atoms with E-state index >= 15 is 0 Å². The molecule has 0 aliphatic heterocycles. The van der Waals surface area contributed by atoms with Crippen LogP contribution in [0.4, 0.5) is 0 Å². The van der Waals surface area contributed by atoms with Gasteiger partial charge in [0.1, 0.15) is 0 Å². The molecule has 124 valence electrons. The second-order valence-electron chi connectivity index (χ2n) is 7.20. The molecule has 0 saturated carbocycles. The van der Waals surface area contributed by atoms with E-state index in [1.54, 1.807) is 14.2 Å². The maximum absolute atomic E-state index is 11.8. The Morgan fingerprint density at radius 3 is 2.10 bits per heavy atom. The Hall–Kier alpha value is -1.30. The summed E-state index contributed by atoms with van der Waals surface area (Å²) < 4.78 is 5.48. The second kappa shape index (κ2) is 8.22. The maximum Gasteiger partial charge on any atom is 0.239 e. The van der Waals surface area contributed by atoms with Gasteiger partial charge in [-0.05, 0) is 26.2 Å². The van der Waals surface area contributed by atoms with Crippen LogP contribution < -0.4 is 16.0 Å². The summed E-state index contributed by atoms with van der Waals surface area (Å²) in [7, 11) is 3.38. The van der Waals surface area contributed by atoms with Crippen LogP contribution in [0.15, 0.2) is 4.99 Å². The first-order valence-corrected chi connectivity index (χ1v) is 7.28. The number of carbonyl (C=O) groups is 1. The van der Waals surface area contributed by atoms with Crippen LogP contribution in [0.2, 0.25) is 0 Å². The van der Waals surface area contributed by atoms with E-state index in [1.807, 2.05) is 20.8 Å². The lowest BCUT2D eigenvalue weighted by atomic mass is 9.89. The highest BCUT2D eigenvalue weighted by atomic mass is 16.5. The van der Waals surface area contributed by atoms with E-state index in [0.717, 1.165) is 0 Å². The summed E-state index contributed by atoms with van der Waals surface area (Å²) in [6, 6.07) is 0. The van der Waals surface area contributed by atoms with Gasteiger partial charge in [0.2, 0.25) is 5.91 Å². The van der Waals surface area contributed by atoms with Crippen molar-refractivity contribution in [3.05, 3.63) is 0 Å². The fourth-order valence-electron chi connectivity index (χ4n) is 1.78. The van der Waals surface area contributed by atoms with Crippen LogP contribution in [0.5, 0.6) is 0 Å². The quantitative estimate of drug-likeness (QED) is 0.525. The van der Waals surface area contributed by atoms with Crippen molar-refractivity contribution < 1.29 is 9.53 Å². The van der Waals surface area contributed by atoms with Crippen molar-refractivity contribution in [1.82, 2.24) is 16.0 Å². The normalized spacial score (nSPS) is 14.6. The summed E-state index contributed by atoms with van der Waals surface area (Å²) in [5.74, 6) is 0.523. The van der Waals surface area contributed by atoms with Crippen molar-refractivity contribution in [3.8, 4) is 0 Å². The van der Waals surface area contributed by atoms with Gasteiger partial charge < -0.3 is 20.7 Å². The molecule has 0 aromatic rings. The highest BCUT2D eigenvalue weighted by Crippen LogP contribution is 2.20. The lowest BCUT2D eigenvalue weighted by molar-refractivity contribution is -0.121. The van der Waals surface area contributed by atoms with Gasteiger partial charge in [0.15, 0.2) is 5.96 Å². The van der Waals surface area contributed by atoms with Crippen LogP contribution in [0.25, 0.3) is 0 Å². The van der Waals surface area contributed by atoms with Crippen molar-refractivity contribution in [3.63, 3.8) is 0 Å². The number of amides is 1. The third kappa shape index (κ3) is 9.28. The van der Waals surface area contributed by atoms with Gasteiger partial charge in [-0.15, -0.1) is 0 Å². The van der Waals surface area contributed by atoms with E-state index in [1.165, 1.54) is 0 Å². The Kier molecular flexibility index (Phi) is 7.71. The molecule has 0 radical (unpaired) electrons. The van der Waals surface area contributed by atoms with Crippen molar-refractivity contribution in [1.29, 1.82) is 0 Å². The summed E-state index contributed by atoms with van der Waals surface area (Å²) in [5, 5.41) is 9.06. The number of methoxy groups -OCH3 is 1. The van der Waals surface area contributed by atoms with Crippen LogP contribution in [-0.2, 0) is 9.53 Å². The summed E-state index contributed by atoms with van der Waals surface area (Å²) in [6.45, 7) is 13.0. The molecule has 6 nitrogen and oxygen atoms in total. The molecule has 0 aromatic heterocycles. The first-order valence-electron chi connectivity index (χ1n) is 7.28. The molecule has 0 heterocycles. The van der Waals surface area contributed by atoms with Crippen molar-refractivity contribution in [2.24, 2.45) is 10.4 Å². The first kappa shape index (κ1) is 19.7. The van der Waals surface area contributed by atoms with Gasteiger partial charge in [-0.1, -0.05) is 20.8 Å². The van der Waals surface area contributed by atoms with Crippen LogP contribution in [0.3, 0.4) is 0 Å².